The van der Waals surface area contributed by atoms with Gasteiger partial charge in [-0.1, -0.05) is 0 Å². The van der Waals surface area contributed by atoms with Crippen LogP contribution >= 0.6 is 19.4 Å². The standard InChI is InChI=1S/C5H11.2ClH.Ru/c1-3-5-4-2;;;/h1,3-5H2,2H3;2*1H;/q;;;+2/p-2. The molecule has 0 bridgehead atoms. The molecule has 0 aromatic heterocycles. The summed E-state index contributed by atoms with van der Waals surface area (Å²) < 4.78 is 0. The van der Waals surface area contributed by atoms with Crippen LogP contribution in [-0.2, 0) is 14.0 Å². The van der Waals surface area contributed by atoms with Gasteiger partial charge in [-0.25, -0.2) is 0 Å². The average Bonchev–Trinajstić information content (AvgIpc) is 1.66. The van der Waals surface area contributed by atoms with Gasteiger partial charge in [0.15, 0.2) is 0 Å². The molecule has 0 radical (unpaired) electrons. The molecule has 0 aromatic rings. The van der Waals surface area contributed by atoms with Crippen LogP contribution in [0.5, 0.6) is 0 Å². The van der Waals surface area contributed by atoms with Gasteiger partial charge in [-0.2, -0.15) is 0 Å². The molecule has 8 heavy (non-hydrogen) atoms. The van der Waals surface area contributed by atoms with Gasteiger partial charge >= 0.3 is 64.6 Å². The summed E-state index contributed by atoms with van der Waals surface area (Å²) >= 11 is -1.29. The molecular weight excluding hydrogens is 232 g/mol. The zero-order valence-corrected chi connectivity index (χ0v) is 8.19. The number of unbranched alkanes of at least 4 members (excludes halogenated alkanes) is 2. The quantitative estimate of drug-likeness (QED) is 0.523. The fraction of sp³-hybridized carbons (Fsp3) is 1.00. The Morgan fingerprint density at radius 1 is 1.25 bits per heavy atom. The third-order valence-corrected chi connectivity index (χ3v) is 3.71. The van der Waals surface area contributed by atoms with Gasteiger partial charge in [0, 0.05) is 0 Å². The minimum atomic E-state index is -1.29. The van der Waals surface area contributed by atoms with Crippen LogP contribution in [0.3, 0.4) is 0 Å². The summed E-state index contributed by atoms with van der Waals surface area (Å²) in [5.41, 5.74) is 0. The van der Waals surface area contributed by atoms with Crippen LogP contribution in [0.2, 0.25) is 5.02 Å². The van der Waals surface area contributed by atoms with Crippen LogP contribution in [0.15, 0.2) is 0 Å². The molecule has 0 aromatic carbocycles. The maximum absolute atomic E-state index is 5.62. The molecule has 0 unspecified atom stereocenters. The molecule has 0 spiro atoms. The van der Waals surface area contributed by atoms with E-state index in [-0.39, 0.29) is 0 Å². The Morgan fingerprint density at radius 2 is 1.88 bits per heavy atom. The predicted octanol–water partition coefficient (Wildman–Crippen LogP) is 3.52. The first kappa shape index (κ1) is 9.20. The first-order valence-electron chi connectivity index (χ1n) is 2.72. The van der Waals surface area contributed by atoms with Crippen LogP contribution < -0.4 is 0 Å². The second kappa shape index (κ2) is 6.33. The summed E-state index contributed by atoms with van der Waals surface area (Å²) in [6, 6.07) is 0. The Bertz CT molecular complexity index is 47.7. The van der Waals surface area contributed by atoms with Crippen molar-refractivity contribution in [3.63, 3.8) is 0 Å². The first-order chi connectivity index (χ1) is 3.77. The van der Waals surface area contributed by atoms with E-state index in [1.807, 2.05) is 0 Å². The van der Waals surface area contributed by atoms with E-state index in [1.54, 1.807) is 0 Å². The van der Waals surface area contributed by atoms with Crippen LogP contribution in [0, 0.1) is 0 Å². The van der Waals surface area contributed by atoms with Crippen molar-refractivity contribution < 1.29 is 14.0 Å². The van der Waals surface area contributed by atoms with Gasteiger partial charge in [-0.15, -0.1) is 0 Å². The molecule has 53 valence electrons. The van der Waals surface area contributed by atoms with E-state index >= 15 is 0 Å². The molecule has 0 heterocycles. The van der Waals surface area contributed by atoms with Gasteiger partial charge in [0.05, 0.1) is 0 Å². The monoisotopic (exact) mass is 243 g/mol. The van der Waals surface area contributed by atoms with Gasteiger partial charge in [-0.05, 0) is 0 Å². The zero-order valence-electron chi connectivity index (χ0n) is 4.94. The van der Waals surface area contributed by atoms with E-state index in [9.17, 15) is 0 Å². The van der Waals surface area contributed by atoms with Gasteiger partial charge in [0.25, 0.3) is 0 Å². The Morgan fingerprint density at radius 3 is 2.25 bits per heavy atom. The normalized spacial score (nSPS) is 11.6. The Labute approximate surface area is 64.5 Å². The van der Waals surface area contributed by atoms with E-state index in [4.69, 9.17) is 19.4 Å². The second-order valence-corrected chi connectivity index (χ2v) is 8.30. The summed E-state index contributed by atoms with van der Waals surface area (Å²) in [7, 11) is 11.2. The van der Waals surface area contributed by atoms with Crippen molar-refractivity contribution in [1.82, 2.24) is 0 Å². The molecule has 0 saturated carbocycles. The van der Waals surface area contributed by atoms with Crippen LogP contribution in [0.1, 0.15) is 26.2 Å². The van der Waals surface area contributed by atoms with Crippen molar-refractivity contribution in [2.45, 2.75) is 31.2 Å². The third kappa shape index (κ3) is 7.20. The summed E-state index contributed by atoms with van der Waals surface area (Å²) in [6.07, 6.45) is 3.77. The Balaban J connectivity index is 2.72. The molecular formula is C5H11Cl2Ru. The second-order valence-electron chi connectivity index (χ2n) is 1.62. The fourth-order valence-corrected chi connectivity index (χ4v) is 2.45. The topological polar surface area (TPSA) is 0 Å². The van der Waals surface area contributed by atoms with E-state index in [0.717, 1.165) is 5.02 Å². The van der Waals surface area contributed by atoms with Crippen molar-refractivity contribution in [1.29, 1.82) is 0 Å². The number of hydrogen-bond donors (Lipinski definition) is 0. The van der Waals surface area contributed by atoms with E-state index in [0.29, 0.717) is 0 Å². The molecule has 0 aliphatic carbocycles. The molecule has 0 aliphatic heterocycles. The van der Waals surface area contributed by atoms with Gasteiger partial charge in [0.1, 0.15) is 0 Å². The zero-order chi connectivity index (χ0) is 6.41. The molecule has 0 fully saturated rings. The van der Waals surface area contributed by atoms with Crippen molar-refractivity contribution in [3.05, 3.63) is 0 Å². The molecule has 0 rings (SSSR count). The molecule has 0 aliphatic rings. The Hall–Kier alpha value is 1.20. The number of halogens is 2. The van der Waals surface area contributed by atoms with Crippen LogP contribution in [0.4, 0.5) is 0 Å². The predicted molar refractivity (Wildman–Crippen MR) is 36.0 cm³/mol. The summed E-state index contributed by atoms with van der Waals surface area (Å²) in [4.78, 5) is 0. The van der Waals surface area contributed by atoms with Gasteiger partial charge < -0.3 is 0 Å². The van der Waals surface area contributed by atoms with E-state index < -0.39 is 14.0 Å². The molecule has 0 amide bonds. The summed E-state index contributed by atoms with van der Waals surface area (Å²) in [5, 5.41) is 1.08. The minimum absolute atomic E-state index is 1.08. The molecule has 3 heteroatoms. The molecule has 0 saturated heterocycles. The summed E-state index contributed by atoms with van der Waals surface area (Å²) in [6.45, 7) is 2.18. The van der Waals surface area contributed by atoms with Crippen LogP contribution in [-0.4, -0.2) is 0 Å². The maximum atomic E-state index is 5.62. The molecule has 0 nitrogen and oxygen atoms in total. The number of hydrogen-bond acceptors (Lipinski definition) is 0. The fourth-order valence-electron chi connectivity index (χ4n) is 0.433. The summed E-state index contributed by atoms with van der Waals surface area (Å²) in [5.74, 6) is 0. The van der Waals surface area contributed by atoms with Crippen molar-refractivity contribution in [2.24, 2.45) is 0 Å². The molecule has 0 atom stereocenters. The average molecular weight is 243 g/mol. The van der Waals surface area contributed by atoms with E-state index in [2.05, 4.69) is 6.92 Å². The van der Waals surface area contributed by atoms with Crippen molar-refractivity contribution in [2.75, 3.05) is 0 Å². The third-order valence-electron chi connectivity index (χ3n) is 0.862. The Kier molecular flexibility index (Phi) is 7.28. The first-order valence-corrected chi connectivity index (χ1v) is 8.43. The number of rotatable bonds is 4. The van der Waals surface area contributed by atoms with Crippen LogP contribution in [0.25, 0.3) is 0 Å². The van der Waals surface area contributed by atoms with Crippen molar-refractivity contribution in [3.8, 4) is 0 Å². The van der Waals surface area contributed by atoms with Crippen molar-refractivity contribution >= 4 is 19.4 Å². The molecule has 0 N–H and O–H groups in total. The van der Waals surface area contributed by atoms with E-state index in [1.165, 1.54) is 19.3 Å². The van der Waals surface area contributed by atoms with Gasteiger partial charge in [0.2, 0.25) is 0 Å². The SMILES string of the molecule is CCCC[CH2][Ru]([Cl])[Cl]. The van der Waals surface area contributed by atoms with Gasteiger partial charge in [-0.3, -0.25) is 0 Å².